The third-order valence-corrected chi connectivity index (χ3v) is 4.90. The lowest BCUT2D eigenvalue weighted by atomic mass is 10.2. The molecule has 1 aromatic heterocycles. The van der Waals surface area contributed by atoms with E-state index < -0.39 is 11.8 Å². The minimum atomic E-state index is -0.720. The molecule has 1 aliphatic rings. The van der Waals surface area contributed by atoms with Gasteiger partial charge in [-0.15, -0.1) is 0 Å². The van der Waals surface area contributed by atoms with Crippen molar-refractivity contribution in [3.05, 3.63) is 48.7 Å². The van der Waals surface area contributed by atoms with Crippen LogP contribution in [0.3, 0.4) is 0 Å². The molecule has 1 saturated heterocycles. The molecule has 0 saturated carbocycles. The van der Waals surface area contributed by atoms with Crippen molar-refractivity contribution < 1.29 is 9.59 Å². The third kappa shape index (κ3) is 3.96. The maximum Gasteiger partial charge on any atom is 0.314 e. The molecule has 4 rings (SSSR count). The number of benzene rings is 2. The number of nitrogens with one attached hydrogen (secondary N) is 3. The number of nitrogens with zero attached hydrogens (tertiary/aromatic N) is 3. The predicted molar refractivity (Wildman–Crippen MR) is 110 cm³/mol. The number of H-pyrrole nitrogens is 1. The Morgan fingerprint density at radius 1 is 0.929 bits per heavy atom. The van der Waals surface area contributed by atoms with Gasteiger partial charge in [0.25, 0.3) is 0 Å². The van der Waals surface area contributed by atoms with E-state index in [2.05, 4.69) is 37.7 Å². The Hall–Kier alpha value is -3.39. The van der Waals surface area contributed by atoms with Gasteiger partial charge in [-0.05, 0) is 49.5 Å². The van der Waals surface area contributed by atoms with Crippen LogP contribution in [0.15, 0.2) is 48.7 Å². The fourth-order valence-corrected chi connectivity index (χ4v) is 3.21. The van der Waals surface area contributed by atoms with Crippen LogP contribution in [0.5, 0.6) is 0 Å². The van der Waals surface area contributed by atoms with Crippen LogP contribution in [0.4, 0.5) is 17.1 Å². The fraction of sp³-hybridized carbons (Fsp3) is 0.250. The molecule has 2 amide bonds. The molecular formula is C20H22N6O2. The number of fused-ring (bicyclic) bond motifs is 1. The highest BCUT2D eigenvalue weighted by atomic mass is 16.2. The van der Waals surface area contributed by atoms with Gasteiger partial charge < -0.3 is 20.4 Å². The number of anilines is 3. The van der Waals surface area contributed by atoms with Gasteiger partial charge in [-0.1, -0.05) is 0 Å². The Bertz CT molecular complexity index is 989. The molecule has 144 valence electrons. The number of hydrogen-bond donors (Lipinski definition) is 3. The molecule has 1 aliphatic heterocycles. The van der Waals surface area contributed by atoms with Crippen molar-refractivity contribution in [2.24, 2.45) is 0 Å². The van der Waals surface area contributed by atoms with E-state index in [1.807, 2.05) is 30.3 Å². The Balaban J connectivity index is 1.35. The van der Waals surface area contributed by atoms with Crippen molar-refractivity contribution in [3.63, 3.8) is 0 Å². The summed E-state index contributed by atoms with van der Waals surface area (Å²) in [4.78, 5) is 29.0. The summed E-state index contributed by atoms with van der Waals surface area (Å²) in [6.07, 6.45) is 1.69. The van der Waals surface area contributed by atoms with Gasteiger partial charge >= 0.3 is 11.8 Å². The van der Waals surface area contributed by atoms with Crippen LogP contribution in [0.1, 0.15) is 0 Å². The van der Waals surface area contributed by atoms with Gasteiger partial charge in [-0.3, -0.25) is 14.7 Å². The molecule has 1 fully saturated rings. The van der Waals surface area contributed by atoms with Gasteiger partial charge in [-0.2, -0.15) is 5.10 Å². The maximum atomic E-state index is 12.2. The lowest BCUT2D eigenvalue weighted by Gasteiger charge is -2.34. The zero-order valence-electron chi connectivity index (χ0n) is 15.6. The molecule has 0 bridgehead atoms. The quantitative estimate of drug-likeness (QED) is 0.605. The second-order valence-electron chi connectivity index (χ2n) is 6.92. The van der Waals surface area contributed by atoms with Crippen LogP contribution in [-0.4, -0.2) is 60.1 Å². The number of aromatic nitrogens is 2. The fourth-order valence-electron chi connectivity index (χ4n) is 3.21. The number of aromatic amines is 1. The first-order chi connectivity index (χ1) is 13.6. The van der Waals surface area contributed by atoms with Crippen molar-refractivity contribution in [2.75, 3.05) is 48.8 Å². The molecule has 0 radical (unpaired) electrons. The number of piperazine rings is 1. The third-order valence-electron chi connectivity index (χ3n) is 4.90. The zero-order chi connectivity index (χ0) is 19.5. The van der Waals surface area contributed by atoms with Crippen molar-refractivity contribution >= 4 is 39.8 Å². The Labute approximate surface area is 162 Å². The van der Waals surface area contributed by atoms with Crippen molar-refractivity contribution in [2.45, 2.75) is 0 Å². The van der Waals surface area contributed by atoms with Crippen LogP contribution in [-0.2, 0) is 9.59 Å². The van der Waals surface area contributed by atoms with Gasteiger partial charge in [0.2, 0.25) is 0 Å². The summed E-state index contributed by atoms with van der Waals surface area (Å²) in [5, 5.41) is 12.9. The largest absolute Gasteiger partial charge is 0.369 e. The molecule has 8 nitrogen and oxygen atoms in total. The summed E-state index contributed by atoms with van der Waals surface area (Å²) in [5.41, 5.74) is 3.02. The summed E-state index contributed by atoms with van der Waals surface area (Å²) in [6.45, 7) is 4.02. The number of carbonyl (C=O) groups is 2. The molecule has 3 N–H and O–H groups in total. The Kier molecular flexibility index (Phi) is 4.94. The smallest absolute Gasteiger partial charge is 0.314 e. The lowest BCUT2D eigenvalue weighted by molar-refractivity contribution is -0.132. The minimum Gasteiger partial charge on any atom is -0.369 e. The summed E-state index contributed by atoms with van der Waals surface area (Å²) >= 11 is 0. The first kappa shape index (κ1) is 18.0. The van der Waals surface area contributed by atoms with E-state index in [1.54, 1.807) is 18.3 Å². The van der Waals surface area contributed by atoms with Gasteiger partial charge in [0, 0.05) is 48.6 Å². The highest BCUT2D eigenvalue weighted by Crippen LogP contribution is 2.20. The molecule has 8 heteroatoms. The van der Waals surface area contributed by atoms with Gasteiger partial charge in [0.15, 0.2) is 0 Å². The average Bonchev–Trinajstić information content (AvgIpc) is 3.17. The number of amides is 2. The molecule has 0 unspecified atom stereocenters. The first-order valence-corrected chi connectivity index (χ1v) is 9.17. The standard InChI is InChI=1S/C20H22N6O2/c1-25-8-10-26(11-9-25)17-6-4-15(5-7-17)22-19(27)20(28)23-16-3-2-14-13-21-24-18(14)12-16/h2-7,12-13H,8-11H2,1H3,(H,21,24)(H,22,27)(H,23,28). The Morgan fingerprint density at radius 2 is 1.57 bits per heavy atom. The number of likely N-dealkylation sites (N-methyl/N-ethyl adjacent to an activating group) is 1. The molecular weight excluding hydrogens is 356 g/mol. The Morgan fingerprint density at radius 3 is 2.29 bits per heavy atom. The van der Waals surface area contributed by atoms with E-state index in [0.717, 1.165) is 42.8 Å². The van der Waals surface area contributed by atoms with Crippen molar-refractivity contribution in [1.29, 1.82) is 0 Å². The van der Waals surface area contributed by atoms with Crippen LogP contribution in [0, 0.1) is 0 Å². The first-order valence-electron chi connectivity index (χ1n) is 9.17. The second kappa shape index (κ2) is 7.69. The van der Waals surface area contributed by atoms with Gasteiger partial charge in [0.05, 0.1) is 11.7 Å². The van der Waals surface area contributed by atoms with Gasteiger partial charge in [0.1, 0.15) is 0 Å². The summed E-state index contributed by atoms with van der Waals surface area (Å²) in [7, 11) is 2.12. The zero-order valence-corrected chi connectivity index (χ0v) is 15.6. The molecule has 28 heavy (non-hydrogen) atoms. The molecule has 3 aromatic rings. The number of hydrogen-bond acceptors (Lipinski definition) is 5. The summed E-state index contributed by atoms with van der Waals surface area (Å²) in [5.74, 6) is -1.43. The van der Waals surface area contributed by atoms with Crippen LogP contribution in [0.2, 0.25) is 0 Å². The van der Waals surface area contributed by atoms with E-state index in [1.165, 1.54) is 0 Å². The highest BCUT2D eigenvalue weighted by Gasteiger charge is 2.16. The minimum absolute atomic E-state index is 0.530. The summed E-state index contributed by atoms with van der Waals surface area (Å²) in [6, 6.07) is 12.8. The molecule has 0 spiro atoms. The van der Waals surface area contributed by atoms with Crippen LogP contribution in [0.25, 0.3) is 10.9 Å². The molecule has 0 atom stereocenters. The lowest BCUT2D eigenvalue weighted by Crippen LogP contribution is -2.44. The van der Waals surface area contributed by atoms with E-state index in [4.69, 9.17) is 0 Å². The van der Waals surface area contributed by atoms with Crippen LogP contribution < -0.4 is 15.5 Å². The van der Waals surface area contributed by atoms with E-state index in [9.17, 15) is 9.59 Å². The number of rotatable bonds is 3. The van der Waals surface area contributed by atoms with E-state index in [-0.39, 0.29) is 0 Å². The second-order valence-corrected chi connectivity index (χ2v) is 6.92. The van der Waals surface area contributed by atoms with Crippen molar-refractivity contribution in [1.82, 2.24) is 15.1 Å². The predicted octanol–water partition coefficient (Wildman–Crippen LogP) is 1.89. The average molecular weight is 378 g/mol. The van der Waals surface area contributed by atoms with Crippen molar-refractivity contribution in [3.8, 4) is 0 Å². The van der Waals surface area contributed by atoms with Crippen LogP contribution >= 0.6 is 0 Å². The molecule has 2 aromatic carbocycles. The topological polar surface area (TPSA) is 93.4 Å². The SMILES string of the molecule is CN1CCN(c2ccc(NC(=O)C(=O)Nc3ccc4cn[nH]c4c3)cc2)CC1. The summed E-state index contributed by atoms with van der Waals surface area (Å²) < 4.78 is 0. The monoisotopic (exact) mass is 378 g/mol. The molecule has 0 aliphatic carbocycles. The van der Waals surface area contributed by atoms with Gasteiger partial charge in [-0.25, -0.2) is 0 Å². The molecule has 2 heterocycles. The van der Waals surface area contributed by atoms with E-state index in [0.29, 0.717) is 11.4 Å². The van der Waals surface area contributed by atoms with E-state index >= 15 is 0 Å². The highest BCUT2D eigenvalue weighted by molar-refractivity contribution is 6.43. The number of carbonyl (C=O) groups excluding carboxylic acids is 2. The maximum absolute atomic E-state index is 12.2. The normalized spacial score (nSPS) is 14.8.